The number of carboxylic acid groups (broad SMARTS) is 1. The van der Waals surface area contributed by atoms with Crippen molar-refractivity contribution < 1.29 is 14.3 Å². The first-order valence-electron chi connectivity index (χ1n) is 5.97. The van der Waals surface area contributed by atoms with Crippen LogP contribution in [0.2, 0.25) is 0 Å². The van der Waals surface area contributed by atoms with Crippen LogP contribution in [-0.4, -0.2) is 25.8 Å². The molecule has 102 valence electrons. The molecule has 0 spiro atoms. The summed E-state index contributed by atoms with van der Waals surface area (Å²) >= 11 is 0. The van der Waals surface area contributed by atoms with Crippen LogP contribution < -0.4 is 5.32 Å². The number of rotatable bonds is 4. The van der Waals surface area contributed by atoms with Gasteiger partial charge in [-0.1, -0.05) is 0 Å². The Bertz CT molecular complexity index is 761. The summed E-state index contributed by atoms with van der Waals surface area (Å²) in [7, 11) is 1.76. The molecule has 0 aromatic carbocycles. The number of carboxylic acids is 1. The van der Waals surface area contributed by atoms with Crippen LogP contribution >= 0.6 is 0 Å². The van der Waals surface area contributed by atoms with Crippen molar-refractivity contribution in [2.24, 2.45) is 7.05 Å². The molecular weight excluding hydrogens is 260 g/mol. The molecule has 3 aromatic heterocycles. The van der Waals surface area contributed by atoms with Gasteiger partial charge in [0.1, 0.15) is 11.3 Å². The molecule has 0 aliphatic rings. The summed E-state index contributed by atoms with van der Waals surface area (Å²) < 4.78 is 6.82. The maximum Gasteiger partial charge on any atom is 0.339 e. The Morgan fingerprint density at radius 1 is 1.50 bits per heavy atom. The smallest absolute Gasteiger partial charge is 0.339 e. The molecule has 3 rings (SSSR count). The van der Waals surface area contributed by atoms with E-state index >= 15 is 0 Å². The van der Waals surface area contributed by atoms with E-state index in [9.17, 15) is 9.90 Å². The van der Waals surface area contributed by atoms with Crippen LogP contribution in [0.5, 0.6) is 0 Å². The Balaban J connectivity index is 2.05. The van der Waals surface area contributed by atoms with Gasteiger partial charge in [-0.15, -0.1) is 0 Å². The quantitative estimate of drug-likeness (QED) is 0.753. The van der Waals surface area contributed by atoms with Gasteiger partial charge in [0.05, 0.1) is 30.1 Å². The highest BCUT2D eigenvalue weighted by molar-refractivity contribution is 6.03. The number of anilines is 1. The first kappa shape index (κ1) is 12.2. The van der Waals surface area contributed by atoms with Gasteiger partial charge in [0.2, 0.25) is 0 Å². The van der Waals surface area contributed by atoms with Crippen molar-refractivity contribution in [2.75, 3.05) is 5.32 Å². The number of nitrogens with zero attached hydrogens (tertiary/aromatic N) is 3. The summed E-state index contributed by atoms with van der Waals surface area (Å²) in [6.45, 7) is 0.390. The minimum atomic E-state index is -1.04. The third kappa shape index (κ3) is 1.99. The fourth-order valence-electron chi connectivity index (χ4n) is 2.04. The first-order valence-corrected chi connectivity index (χ1v) is 5.97. The largest absolute Gasteiger partial charge is 0.478 e. The van der Waals surface area contributed by atoms with Gasteiger partial charge in [-0.25, -0.2) is 9.78 Å². The van der Waals surface area contributed by atoms with Crippen LogP contribution in [0.3, 0.4) is 0 Å². The van der Waals surface area contributed by atoms with Gasteiger partial charge in [0.25, 0.3) is 0 Å². The predicted molar refractivity (Wildman–Crippen MR) is 71.5 cm³/mol. The van der Waals surface area contributed by atoms with Crippen molar-refractivity contribution in [1.82, 2.24) is 14.8 Å². The monoisotopic (exact) mass is 272 g/mol. The minimum absolute atomic E-state index is 0.108. The van der Waals surface area contributed by atoms with Crippen molar-refractivity contribution in [3.05, 3.63) is 42.1 Å². The maximum atomic E-state index is 11.3. The fourth-order valence-corrected chi connectivity index (χ4v) is 2.04. The minimum Gasteiger partial charge on any atom is -0.478 e. The number of hydrogen-bond donors (Lipinski definition) is 2. The van der Waals surface area contributed by atoms with Crippen molar-refractivity contribution in [3.8, 4) is 0 Å². The van der Waals surface area contributed by atoms with Crippen LogP contribution in [0.1, 0.15) is 16.1 Å². The third-order valence-corrected chi connectivity index (χ3v) is 3.01. The van der Waals surface area contributed by atoms with Crippen molar-refractivity contribution in [3.63, 3.8) is 0 Å². The van der Waals surface area contributed by atoms with Crippen molar-refractivity contribution >= 4 is 22.7 Å². The number of nitrogens with one attached hydrogen (secondary N) is 1. The number of fused-ring (bicyclic) bond motifs is 1. The van der Waals surface area contributed by atoms with Gasteiger partial charge < -0.3 is 14.8 Å². The molecule has 0 radical (unpaired) electrons. The zero-order chi connectivity index (χ0) is 14.1. The van der Waals surface area contributed by atoms with E-state index in [-0.39, 0.29) is 5.56 Å². The van der Waals surface area contributed by atoms with E-state index in [2.05, 4.69) is 15.4 Å². The Hall–Kier alpha value is -2.83. The van der Waals surface area contributed by atoms with Gasteiger partial charge in [-0.2, -0.15) is 5.10 Å². The van der Waals surface area contributed by atoms with Gasteiger partial charge in [-0.3, -0.25) is 4.68 Å². The number of pyridine rings is 1. The summed E-state index contributed by atoms with van der Waals surface area (Å²) in [5, 5.41) is 17.1. The molecule has 0 saturated carbocycles. The highest BCUT2D eigenvalue weighted by atomic mass is 16.4. The average molecular weight is 272 g/mol. The lowest BCUT2D eigenvalue weighted by Crippen LogP contribution is -2.07. The standard InChI is InChI=1S/C13H12N4O3/c1-17-12-9(7-16-17)11(10(6-15-12)13(18)19)14-5-8-3-2-4-20-8/h2-4,6-7H,5H2,1H3,(H,14,15)(H,18,19). The molecule has 7 heteroatoms. The summed E-state index contributed by atoms with van der Waals surface area (Å²) in [6.07, 6.45) is 4.50. The van der Waals surface area contributed by atoms with Crippen LogP contribution in [-0.2, 0) is 13.6 Å². The molecular formula is C13H12N4O3. The number of hydrogen-bond acceptors (Lipinski definition) is 5. The molecule has 0 amide bonds. The third-order valence-electron chi connectivity index (χ3n) is 3.01. The zero-order valence-corrected chi connectivity index (χ0v) is 10.7. The highest BCUT2D eigenvalue weighted by Crippen LogP contribution is 2.26. The van der Waals surface area contributed by atoms with Gasteiger partial charge in [-0.05, 0) is 12.1 Å². The maximum absolute atomic E-state index is 11.3. The second-order valence-electron chi connectivity index (χ2n) is 4.29. The second-order valence-corrected chi connectivity index (χ2v) is 4.29. The van der Waals surface area contributed by atoms with E-state index < -0.39 is 5.97 Å². The van der Waals surface area contributed by atoms with E-state index in [1.807, 2.05) is 6.07 Å². The lowest BCUT2D eigenvalue weighted by Gasteiger charge is -2.09. The Kier molecular flexibility index (Phi) is 2.86. The van der Waals surface area contributed by atoms with E-state index in [4.69, 9.17) is 4.42 Å². The number of aromatic carboxylic acids is 1. The number of aromatic nitrogens is 3. The lowest BCUT2D eigenvalue weighted by atomic mass is 10.2. The highest BCUT2D eigenvalue weighted by Gasteiger charge is 2.16. The SMILES string of the molecule is Cn1ncc2c(NCc3ccco3)c(C(=O)O)cnc21. The normalized spacial score (nSPS) is 10.8. The predicted octanol–water partition coefficient (Wildman–Crippen LogP) is 1.87. The van der Waals surface area contributed by atoms with Crippen LogP contribution in [0, 0.1) is 0 Å². The number of carbonyl (C=O) groups is 1. The molecule has 2 N–H and O–H groups in total. The number of aryl methyl sites for hydroxylation is 1. The molecule has 0 aliphatic carbocycles. The second kappa shape index (κ2) is 4.69. The van der Waals surface area contributed by atoms with E-state index in [1.54, 1.807) is 30.3 Å². The van der Waals surface area contributed by atoms with Gasteiger partial charge in [0.15, 0.2) is 5.65 Å². The topological polar surface area (TPSA) is 93.2 Å². The Morgan fingerprint density at radius 3 is 3.05 bits per heavy atom. The van der Waals surface area contributed by atoms with Gasteiger partial charge in [0, 0.05) is 13.2 Å². The van der Waals surface area contributed by atoms with Crippen molar-refractivity contribution in [2.45, 2.75) is 6.54 Å². The van der Waals surface area contributed by atoms with Crippen molar-refractivity contribution in [1.29, 1.82) is 0 Å². The summed E-state index contributed by atoms with van der Waals surface area (Å²) in [5.41, 5.74) is 1.22. The first-order chi connectivity index (χ1) is 9.66. The summed E-state index contributed by atoms with van der Waals surface area (Å²) in [6, 6.07) is 3.59. The average Bonchev–Trinajstić information content (AvgIpc) is 3.06. The molecule has 0 saturated heterocycles. The molecule has 0 bridgehead atoms. The summed E-state index contributed by atoms with van der Waals surface area (Å²) in [5.74, 6) is -0.319. The van der Waals surface area contributed by atoms with Crippen LogP contribution in [0.15, 0.2) is 35.2 Å². The molecule has 0 fully saturated rings. The molecule has 0 unspecified atom stereocenters. The van der Waals surface area contributed by atoms with Crippen LogP contribution in [0.25, 0.3) is 11.0 Å². The Morgan fingerprint density at radius 2 is 2.35 bits per heavy atom. The van der Waals surface area contributed by atoms with Gasteiger partial charge >= 0.3 is 5.97 Å². The van der Waals surface area contributed by atoms with Crippen LogP contribution in [0.4, 0.5) is 5.69 Å². The van der Waals surface area contributed by atoms with E-state index in [1.165, 1.54) is 6.20 Å². The molecule has 7 nitrogen and oxygen atoms in total. The number of furan rings is 1. The summed E-state index contributed by atoms with van der Waals surface area (Å²) in [4.78, 5) is 15.4. The molecule has 0 aliphatic heterocycles. The zero-order valence-electron chi connectivity index (χ0n) is 10.7. The van der Waals surface area contributed by atoms with E-state index in [0.29, 0.717) is 23.3 Å². The fraction of sp³-hybridized carbons (Fsp3) is 0.154. The molecule has 0 atom stereocenters. The molecule has 3 aromatic rings. The Labute approximate surface area is 113 Å². The molecule has 20 heavy (non-hydrogen) atoms. The van der Waals surface area contributed by atoms with E-state index in [0.717, 1.165) is 5.76 Å². The lowest BCUT2D eigenvalue weighted by molar-refractivity contribution is 0.0697. The molecule has 3 heterocycles.